The molecule has 94 valence electrons. The molecule has 1 heterocycles. The van der Waals surface area contributed by atoms with Crippen molar-refractivity contribution in [2.45, 2.75) is 0 Å². The van der Waals surface area contributed by atoms with Crippen molar-refractivity contribution < 1.29 is 4.79 Å². The molecule has 2 rings (SSSR count). The molecule has 1 aromatic carbocycles. The number of carbonyl (C=O) groups excluding carboxylic acids is 1. The molecule has 0 spiro atoms. The Bertz CT molecular complexity index is 520. The quantitative estimate of drug-likeness (QED) is 0.613. The molecule has 1 amide bonds. The molecule has 3 nitrogen and oxygen atoms in total. The van der Waals surface area contributed by atoms with E-state index in [2.05, 4.69) is 0 Å². The Labute approximate surface area is 116 Å². The lowest BCUT2D eigenvalue weighted by Gasteiger charge is -2.11. The van der Waals surface area contributed by atoms with Crippen LogP contribution in [0.4, 0.5) is 5.69 Å². The minimum atomic E-state index is -0.0262. The van der Waals surface area contributed by atoms with E-state index in [-0.39, 0.29) is 5.91 Å². The number of rotatable bonds is 2. The summed E-state index contributed by atoms with van der Waals surface area (Å²) in [5, 5.41) is 0. The van der Waals surface area contributed by atoms with Crippen LogP contribution in [0.25, 0.3) is 6.08 Å². The van der Waals surface area contributed by atoms with E-state index in [0.717, 1.165) is 11.3 Å². The molecule has 0 aromatic heterocycles. The molecular formula is C13H14N2OS2. The molecule has 0 atom stereocenters. The largest absolute Gasteiger partial charge is 0.378 e. The van der Waals surface area contributed by atoms with E-state index in [9.17, 15) is 4.79 Å². The Balaban J connectivity index is 2.24. The zero-order chi connectivity index (χ0) is 13.3. The highest BCUT2D eigenvalue weighted by Gasteiger charge is 2.28. The highest BCUT2D eigenvalue weighted by atomic mass is 32.2. The number of carbonyl (C=O) groups is 1. The average Bonchev–Trinajstić information content (AvgIpc) is 2.58. The molecule has 1 aromatic rings. The van der Waals surface area contributed by atoms with Gasteiger partial charge in [-0.05, 0) is 23.8 Å². The van der Waals surface area contributed by atoms with Crippen LogP contribution in [0.15, 0.2) is 29.2 Å². The van der Waals surface area contributed by atoms with Gasteiger partial charge in [0, 0.05) is 26.8 Å². The fourth-order valence-electron chi connectivity index (χ4n) is 1.57. The summed E-state index contributed by atoms with van der Waals surface area (Å²) in [4.78, 5) is 16.1. The van der Waals surface area contributed by atoms with Gasteiger partial charge in [-0.3, -0.25) is 9.69 Å². The zero-order valence-electron chi connectivity index (χ0n) is 10.5. The summed E-state index contributed by atoms with van der Waals surface area (Å²) < 4.78 is 0.608. The van der Waals surface area contributed by atoms with E-state index < -0.39 is 0 Å². The summed E-state index contributed by atoms with van der Waals surface area (Å²) in [7, 11) is 5.70. The van der Waals surface area contributed by atoms with Crippen LogP contribution in [-0.2, 0) is 4.79 Å². The van der Waals surface area contributed by atoms with Crippen molar-refractivity contribution in [2.75, 3.05) is 26.0 Å². The lowest BCUT2D eigenvalue weighted by Crippen LogP contribution is -2.22. The van der Waals surface area contributed by atoms with Crippen molar-refractivity contribution in [3.63, 3.8) is 0 Å². The molecule has 0 saturated carbocycles. The molecular weight excluding hydrogens is 264 g/mol. The molecule has 1 saturated heterocycles. The minimum absolute atomic E-state index is 0.0262. The highest BCUT2D eigenvalue weighted by Crippen LogP contribution is 2.31. The number of anilines is 1. The lowest BCUT2D eigenvalue weighted by atomic mass is 10.2. The Hall–Kier alpha value is -1.33. The summed E-state index contributed by atoms with van der Waals surface area (Å²) in [6.07, 6.45) is 1.88. The maximum Gasteiger partial charge on any atom is 0.265 e. The molecule has 0 unspecified atom stereocenters. The van der Waals surface area contributed by atoms with Crippen LogP contribution < -0.4 is 4.90 Å². The summed E-state index contributed by atoms with van der Waals surface area (Å²) >= 11 is 6.43. The van der Waals surface area contributed by atoms with Gasteiger partial charge in [0.15, 0.2) is 0 Å². The first-order valence-corrected chi connectivity index (χ1v) is 6.70. The van der Waals surface area contributed by atoms with Gasteiger partial charge in [0.2, 0.25) is 0 Å². The van der Waals surface area contributed by atoms with Gasteiger partial charge < -0.3 is 4.90 Å². The molecule has 1 fully saturated rings. The normalized spacial score (nSPS) is 17.7. The first kappa shape index (κ1) is 13.1. The molecule has 0 radical (unpaired) electrons. The number of likely N-dealkylation sites (N-methyl/N-ethyl adjacent to an activating group) is 1. The van der Waals surface area contributed by atoms with Crippen LogP contribution in [0.2, 0.25) is 0 Å². The fourth-order valence-corrected chi connectivity index (χ4v) is 2.75. The number of thiocarbonyl (C=S) groups is 1. The SMILES string of the molecule is CN1C(=O)C(=Cc2ccc(N(C)C)cc2)SC1=S. The molecule has 0 N–H and O–H groups in total. The van der Waals surface area contributed by atoms with E-state index in [0.29, 0.717) is 9.23 Å². The van der Waals surface area contributed by atoms with Crippen LogP contribution in [0, 0.1) is 0 Å². The van der Waals surface area contributed by atoms with Crippen molar-refractivity contribution in [3.05, 3.63) is 34.7 Å². The highest BCUT2D eigenvalue weighted by molar-refractivity contribution is 8.26. The monoisotopic (exact) mass is 278 g/mol. The van der Waals surface area contributed by atoms with Crippen LogP contribution in [-0.4, -0.2) is 36.3 Å². The van der Waals surface area contributed by atoms with Gasteiger partial charge in [-0.1, -0.05) is 36.1 Å². The van der Waals surface area contributed by atoms with Crippen LogP contribution in [0.3, 0.4) is 0 Å². The molecule has 1 aliphatic rings. The number of hydrogen-bond acceptors (Lipinski definition) is 4. The summed E-state index contributed by atoms with van der Waals surface area (Å²) in [6, 6.07) is 8.05. The molecule has 0 bridgehead atoms. The third-order valence-electron chi connectivity index (χ3n) is 2.69. The Morgan fingerprint density at radius 1 is 1.28 bits per heavy atom. The van der Waals surface area contributed by atoms with Crippen molar-refractivity contribution in [1.82, 2.24) is 4.90 Å². The van der Waals surface area contributed by atoms with Crippen LogP contribution >= 0.6 is 24.0 Å². The first-order valence-electron chi connectivity index (χ1n) is 5.48. The Kier molecular flexibility index (Phi) is 3.73. The topological polar surface area (TPSA) is 23.6 Å². The van der Waals surface area contributed by atoms with E-state index in [1.807, 2.05) is 49.3 Å². The van der Waals surface area contributed by atoms with E-state index >= 15 is 0 Å². The number of hydrogen-bond donors (Lipinski definition) is 0. The number of nitrogens with zero attached hydrogens (tertiary/aromatic N) is 2. The van der Waals surface area contributed by atoms with Crippen molar-refractivity contribution >= 4 is 46.0 Å². The van der Waals surface area contributed by atoms with Gasteiger partial charge in [-0.2, -0.15) is 0 Å². The van der Waals surface area contributed by atoms with Crippen molar-refractivity contribution in [1.29, 1.82) is 0 Å². The maximum atomic E-state index is 11.8. The van der Waals surface area contributed by atoms with Gasteiger partial charge in [0.05, 0.1) is 4.91 Å². The van der Waals surface area contributed by atoms with Gasteiger partial charge in [0.1, 0.15) is 4.32 Å². The van der Waals surface area contributed by atoms with Crippen molar-refractivity contribution in [2.24, 2.45) is 0 Å². The number of benzene rings is 1. The van der Waals surface area contributed by atoms with Gasteiger partial charge in [-0.25, -0.2) is 0 Å². The minimum Gasteiger partial charge on any atom is -0.378 e. The van der Waals surface area contributed by atoms with Crippen LogP contribution in [0.1, 0.15) is 5.56 Å². The summed E-state index contributed by atoms with van der Waals surface area (Å²) in [5.41, 5.74) is 2.14. The van der Waals surface area contributed by atoms with E-state index in [1.165, 1.54) is 16.7 Å². The molecule has 1 aliphatic heterocycles. The second kappa shape index (κ2) is 5.12. The average molecular weight is 278 g/mol. The molecule has 0 aliphatic carbocycles. The van der Waals surface area contributed by atoms with Gasteiger partial charge >= 0.3 is 0 Å². The lowest BCUT2D eigenvalue weighted by molar-refractivity contribution is -0.121. The summed E-state index contributed by atoms with van der Waals surface area (Å²) in [5.74, 6) is -0.0262. The predicted molar refractivity (Wildman–Crippen MR) is 81.7 cm³/mol. The third-order valence-corrected chi connectivity index (χ3v) is 4.18. The Morgan fingerprint density at radius 3 is 2.33 bits per heavy atom. The standard InChI is InChI=1S/C13H14N2OS2/c1-14(2)10-6-4-9(5-7-10)8-11-12(16)15(3)13(17)18-11/h4-8H,1-3H3. The summed E-state index contributed by atoms with van der Waals surface area (Å²) in [6.45, 7) is 0. The van der Waals surface area contributed by atoms with Crippen molar-refractivity contribution in [3.8, 4) is 0 Å². The van der Waals surface area contributed by atoms with E-state index in [4.69, 9.17) is 12.2 Å². The third kappa shape index (κ3) is 2.57. The smallest absolute Gasteiger partial charge is 0.265 e. The molecule has 5 heteroatoms. The number of thioether (sulfide) groups is 1. The second-order valence-electron chi connectivity index (χ2n) is 4.23. The zero-order valence-corrected chi connectivity index (χ0v) is 12.1. The van der Waals surface area contributed by atoms with Crippen LogP contribution in [0.5, 0.6) is 0 Å². The van der Waals surface area contributed by atoms with Gasteiger partial charge in [0.25, 0.3) is 5.91 Å². The second-order valence-corrected chi connectivity index (χ2v) is 5.90. The predicted octanol–water partition coefficient (Wildman–Crippen LogP) is 2.58. The first-order chi connectivity index (χ1) is 8.49. The maximum absolute atomic E-state index is 11.8. The van der Waals surface area contributed by atoms with Gasteiger partial charge in [-0.15, -0.1) is 0 Å². The van der Waals surface area contributed by atoms with E-state index in [1.54, 1.807) is 7.05 Å². The fraction of sp³-hybridized carbons (Fsp3) is 0.231. The molecule has 18 heavy (non-hydrogen) atoms. The number of amides is 1. The Morgan fingerprint density at radius 2 is 1.89 bits per heavy atom.